The molecule has 0 aromatic carbocycles. The van der Waals surface area contributed by atoms with Crippen LogP contribution in [0.25, 0.3) is 0 Å². The summed E-state index contributed by atoms with van der Waals surface area (Å²) in [5.41, 5.74) is 1.02. The number of ether oxygens (including phenoxy) is 1. The first-order valence-electron chi connectivity index (χ1n) is 7.02. The van der Waals surface area contributed by atoms with Gasteiger partial charge in [0.05, 0.1) is 25.1 Å². The van der Waals surface area contributed by atoms with Gasteiger partial charge in [0.15, 0.2) is 6.20 Å². The molecule has 114 valence electrons. The fourth-order valence-corrected chi connectivity index (χ4v) is 2.25. The molecule has 0 atom stereocenters. The molecular formula is C15H16N4O3. The fraction of sp³-hybridized carbons (Fsp3) is 0.267. The van der Waals surface area contributed by atoms with Gasteiger partial charge in [-0.15, -0.1) is 0 Å². The van der Waals surface area contributed by atoms with Gasteiger partial charge in [0.1, 0.15) is 5.82 Å². The van der Waals surface area contributed by atoms with Crippen molar-refractivity contribution in [3.63, 3.8) is 0 Å². The highest BCUT2D eigenvalue weighted by Gasteiger charge is 2.16. The van der Waals surface area contributed by atoms with Crippen LogP contribution < -0.4 is 14.9 Å². The van der Waals surface area contributed by atoms with Gasteiger partial charge in [0.2, 0.25) is 0 Å². The third kappa shape index (κ3) is 3.15. The number of aromatic nitrogens is 2. The molecule has 1 aliphatic rings. The molecule has 2 aromatic rings. The second-order valence-electron chi connectivity index (χ2n) is 4.87. The number of morpholine rings is 1. The minimum Gasteiger partial charge on any atom is -0.618 e. The molecule has 7 heteroatoms. The third-order valence-corrected chi connectivity index (χ3v) is 3.42. The largest absolute Gasteiger partial charge is 0.618 e. The van der Waals surface area contributed by atoms with Gasteiger partial charge in [-0.05, 0) is 18.2 Å². The Hall–Kier alpha value is -2.67. The zero-order valence-electron chi connectivity index (χ0n) is 11.9. The molecular weight excluding hydrogens is 284 g/mol. The number of nitrogens with zero attached hydrogens (tertiary/aromatic N) is 3. The van der Waals surface area contributed by atoms with Crippen LogP contribution in [-0.2, 0) is 4.74 Å². The molecule has 3 rings (SSSR count). The van der Waals surface area contributed by atoms with Gasteiger partial charge in [-0.3, -0.25) is 4.79 Å². The van der Waals surface area contributed by atoms with Gasteiger partial charge < -0.3 is 20.2 Å². The predicted octanol–water partition coefficient (Wildman–Crippen LogP) is 0.804. The maximum Gasteiger partial charge on any atom is 0.322 e. The molecule has 0 unspecified atom stereocenters. The van der Waals surface area contributed by atoms with E-state index in [4.69, 9.17) is 4.74 Å². The third-order valence-electron chi connectivity index (χ3n) is 3.42. The summed E-state index contributed by atoms with van der Waals surface area (Å²) in [7, 11) is 0. The van der Waals surface area contributed by atoms with Crippen molar-refractivity contribution in [2.45, 2.75) is 0 Å². The van der Waals surface area contributed by atoms with Crippen molar-refractivity contribution in [1.29, 1.82) is 0 Å². The summed E-state index contributed by atoms with van der Waals surface area (Å²) in [5.74, 6) is -0.0758. The highest BCUT2D eigenvalue weighted by Crippen LogP contribution is 2.16. The van der Waals surface area contributed by atoms with Gasteiger partial charge in [0, 0.05) is 25.2 Å². The zero-order valence-corrected chi connectivity index (χ0v) is 11.9. The molecule has 0 aliphatic carbocycles. The molecule has 1 fully saturated rings. The Balaban J connectivity index is 1.68. The van der Waals surface area contributed by atoms with Crippen molar-refractivity contribution in [3.8, 4) is 0 Å². The van der Waals surface area contributed by atoms with E-state index in [1.54, 1.807) is 24.4 Å². The minimum absolute atomic E-state index is 0.0292. The Morgan fingerprint density at radius 2 is 2.09 bits per heavy atom. The van der Waals surface area contributed by atoms with Crippen LogP contribution in [0.15, 0.2) is 42.7 Å². The number of hydrogen-bond donors (Lipinski definition) is 1. The Labute approximate surface area is 127 Å². The summed E-state index contributed by atoms with van der Waals surface area (Å²) in [6.07, 6.45) is 2.99. The average Bonchev–Trinajstić information content (AvgIpc) is 2.57. The molecule has 0 bridgehead atoms. The Morgan fingerprint density at radius 1 is 1.27 bits per heavy atom. The highest BCUT2D eigenvalue weighted by atomic mass is 16.5. The molecule has 2 aromatic heterocycles. The summed E-state index contributed by atoms with van der Waals surface area (Å²) in [5, 5.41) is 14.1. The van der Waals surface area contributed by atoms with Crippen molar-refractivity contribution < 1.29 is 14.3 Å². The molecule has 1 amide bonds. The number of amides is 1. The van der Waals surface area contributed by atoms with Crippen LogP contribution in [0, 0.1) is 5.21 Å². The molecule has 3 heterocycles. The number of pyridine rings is 2. The van der Waals surface area contributed by atoms with Gasteiger partial charge >= 0.3 is 5.91 Å². The fourth-order valence-electron chi connectivity index (χ4n) is 2.25. The van der Waals surface area contributed by atoms with Crippen LogP contribution in [0.2, 0.25) is 0 Å². The maximum absolute atomic E-state index is 12.0. The van der Waals surface area contributed by atoms with Crippen LogP contribution in [0.3, 0.4) is 0 Å². The van der Waals surface area contributed by atoms with E-state index in [-0.39, 0.29) is 5.69 Å². The SMILES string of the molecule is O=C(Nc1ccc(N2CCOCC2)cn1)c1cccc[n+]1[O-]. The summed E-state index contributed by atoms with van der Waals surface area (Å²) in [6, 6.07) is 8.28. The Kier molecular flexibility index (Phi) is 4.15. The van der Waals surface area contributed by atoms with Crippen molar-refractivity contribution >= 4 is 17.4 Å². The van der Waals surface area contributed by atoms with Crippen LogP contribution in [-0.4, -0.2) is 37.2 Å². The van der Waals surface area contributed by atoms with E-state index in [1.807, 2.05) is 6.07 Å². The van der Waals surface area contributed by atoms with E-state index < -0.39 is 5.91 Å². The summed E-state index contributed by atoms with van der Waals surface area (Å²) >= 11 is 0. The van der Waals surface area contributed by atoms with Crippen LogP contribution >= 0.6 is 0 Å². The first-order valence-corrected chi connectivity index (χ1v) is 7.02. The van der Waals surface area contributed by atoms with Gasteiger partial charge in [0.25, 0.3) is 5.69 Å². The lowest BCUT2D eigenvalue weighted by Crippen LogP contribution is -2.36. The van der Waals surface area contributed by atoms with E-state index in [0.29, 0.717) is 23.8 Å². The van der Waals surface area contributed by atoms with E-state index in [9.17, 15) is 10.0 Å². The van der Waals surface area contributed by atoms with Crippen molar-refractivity contribution in [1.82, 2.24) is 4.98 Å². The van der Waals surface area contributed by atoms with E-state index in [1.165, 1.54) is 12.3 Å². The lowest BCUT2D eigenvalue weighted by Gasteiger charge is -2.28. The average molecular weight is 300 g/mol. The monoisotopic (exact) mass is 300 g/mol. The Morgan fingerprint density at radius 3 is 2.77 bits per heavy atom. The zero-order chi connectivity index (χ0) is 15.4. The second kappa shape index (κ2) is 6.40. The second-order valence-corrected chi connectivity index (χ2v) is 4.87. The number of hydrogen-bond acceptors (Lipinski definition) is 5. The van der Waals surface area contributed by atoms with Gasteiger partial charge in [-0.2, -0.15) is 4.73 Å². The molecule has 0 saturated carbocycles. The quantitative estimate of drug-likeness (QED) is 0.670. The van der Waals surface area contributed by atoms with Gasteiger partial charge in [-0.1, -0.05) is 0 Å². The molecule has 1 aliphatic heterocycles. The van der Waals surface area contributed by atoms with E-state index in [2.05, 4.69) is 15.2 Å². The highest BCUT2D eigenvalue weighted by molar-refractivity contribution is 6.01. The molecule has 1 N–H and O–H groups in total. The maximum atomic E-state index is 12.0. The first kappa shape index (κ1) is 14.3. The lowest BCUT2D eigenvalue weighted by atomic mass is 10.3. The lowest BCUT2D eigenvalue weighted by molar-refractivity contribution is -0.607. The van der Waals surface area contributed by atoms with Gasteiger partial charge in [-0.25, -0.2) is 4.98 Å². The van der Waals surface area contributed by atoms with Crippen LogP contribution in [0.1, 0.15) is 10.5 Å². The molecule has 0 spiro atoms. The van der Waals surface area contributed by atoms with Crippen LogP contribution in [0.4, 0.5) is 11.5 Å². The summed E-state index contributed by atoms with van der Waals surface area (Å²) in [4.78, 5) is 18.4. The number of anilines is 2. The number of rotatable bonds is 3. The molecule has 7 nitrogen and oxygen atoms in total. The minimum atomic E-state index is -0.484. The van der Waals surface area contributed by atoms with Crippen molar-refractivity contribution in [2.75, 3.05) is 36.5 Å². The number of nitrogens with one attached hydrogen (secondary N) is 1. The van der Waals surface area contributed by atoms with Crippen molar-refractivity contribution in [3.05, 3.63) is 53.6 Å². The topological polar surface area (TPSA) is 81.4 Å². The number of carbonyl (C=O) groups is 1. The predicted molar refractivity (Wildman–Crippen MR) is 80.6 cm³/mol. The van der Waals surface area contributed by atoms with Crippen molar-refractivity contribution in [2.24, 2.45) is 0 Å². The molecule has 22 heavy (non-hydrogen) atoms. The summed E-state index contributed by atoms with van der Waals surface area (Å²) < 4.78 is 5.83. The number of carbonyl (C=O) groups excluding carboxylic acids is 1. The van der Waals surface area contributed by atoms with Crippen LogP contribution in [0.5, 0.6) is 0 Å². The van der Waals surface area contributed by atoms with E-state index in [0.717, 1.165) is 18.8 Å². The molecule has 0 radical (unpaired) electrons. The first-order chi connectivity index (χ1) is 10.7. The molecule has 1 saturated heterocycles. The smallest absolute Gasteiger partial charge is 0.322 e. The standard InChI is InChI=1S/C15H16N4O3/c20-15(13-3-1-2-6-19(13)21)17-14-5-4-12(11-16-14)18-7-9-22-10-8-18/h1-6,11H,7-10H2,(H,16,17,20). The normalized spacial score (nSPS) is 14.6. The summed E-state index contributed by atoms with van der Waals surface area (Å²) in [6.45, 7) is 3.06. The van der Waals surface area contributed by atoms with E-state index >= 15 is 0 Å². The Bertz CT molecular complexity index is 654.